The highest BCUT2D eigenvalue weighted by Gasteiger charge is 2.32. The SMILES string of the molecule is CCCCCc1nsnc1C1=C(Cl)C2CCCN(C1)C2. The minimum atomic E-state index is 0.527. The van der Waals surface area contributed by atoms with E-state index in [0.29, 0.717) is 5.92 Å². The minimum absolute atomic E-state index is 0.527. The molecule has 110 valence electrons. The third-order valence-electron chi connectivity index (χ3n) is 4.39. The van der Waals surface area contributed by atoms with E-state index in [1.54, 1.807) is 0 Å². The van der Waals surface area contributed by atoms with Crippen LogP contribution in [0, 0.1) is 5.92 Å². The van der Waals surface area contributed by atoms with Gasteiger partial charge in [0.25, 0.3) is 0 Å². The van der Waals surface area contributed by atoms with Gasteiger partial charge in [0, 0.05) is 29.6 Å². The van der Waals surface area contributed by atoms with Crippen molar-refractivity contribution in [2.24, 2.45) is 5.92 Å². The molecular weight excluding hydrogens is 290 g/mol. The highest BCUT2D eigenvalue weighted by atomic mass is 35.5. The van der Waals surface area contributed by atoms with Crippen molar-refractivity contribution in [1.82, 2.24) is 13.6 Å². The molecule has 0 N–H and O–H groups in total. The van der Waals surface area contributed by atoms with Gasteiger partial charge in [0.1, 0.15) is 5.69 Å². The summed E-state index contributed by atoms with van der Waals surface area (Å²) in [5, 5.41) is 1.06. The summed E-state index contributed by atoms with van der Waals surface area (Å²) in [6.45, 7) is 5.52. The van der Waals surface area contributed by atoms with Gasteiger partial charge in [-0.1, -0.05) is 31.4 Å². The molecule has 1 aromatic rings. The molecule has 1 aromatic heterocycles. The normalized spacial score (nSPS) is 26.1. The molecule has 0 amide bonds. The number of aryl methyl sites for hydroxylation is 1. The lowest BCUT2D eigenvalue weighted by Gasteiger charge is -2.38. The second kappa shape index (κ2) is 6.54. The third kappa shape index (κ3) is 2.92. The fraction of sp³-hybridized carbons (Fsp3) is 0.733. The lowest BCUT2D eigenvalue weighted by Crippen LogP contribution is -2.40. The maximum absolute atomic E-state index is 6.66. The number of aromatic nitrogens is 2. The lowest BCUT2D eigenvalue weighted by molar-refractivity contribution is 0.205. The molecule has 5 heteroatoms. The Morgan fingerprint density at radius 3 is 3.10 bits per heavy atom. The van der Waals surface area contributed by atoms with E-state index in [0.717, 1.165) is 35.9 Å². The van der Waals surface area contributed by atoms with Crippen molar-refractivity contribution >= 4 is 28.9 Å². The summed E-state index contributed by atoms with van der Waals surface area (Å²) < 4.78 is 9.07. The fourth-order valence-electron chi connectivity index (χ4n) is 3.28. The molecule has 1 fully saturated rings. The number of hydrogen-bond donors (Lipinski definition) is 0. The second-order valence-electron chi connectivity index (χ2n) is 5.92. The molecule has 3 heterocycles. The first-order chi connectivity index (χ1) is 9.79. The highest BCUT2D eigenvalue weighted by molar-refractivity contribution is 6.99. The number of rotatable bonds is 5. The van der Waals surface area contributed by atoms with Gasteiger partial charge in [0.2, 0.25) is 0 Å². The minimum Gasteiger partial charge on any atom is -0.298 e. The van der Waals surface area contributed by atoms with E-state index in [1.807, 2.05) is 0 Å². The Morgan fingerprint density at radius 2 is 2.25 bits per heavy atom. The van der Waals surface area contributed by atoms with Crippen LogP contribution >= 0.6 is 23.3 Å². The van der Waals surface area contributed by atoms with E-state index < -0.39 is 0 Å². The molecule has 2 atom stereocenters. The van der Waals surface area contributed by atoms with Crippen LogP contribution in [0.2, 0.25) is 0 Å². The van der Waals surface area contributed by atoms with Crippen LogP contribution in [0.3, 0.4) is 0 Å². The van der Waals surface area contributed by atoms with E-state index in [2.05, 4.69) is 20.6 Å². The zero-order valence-corrected chi connectivity index (χ0v) is 13.6. The summed E-state index contributed by atoms with van der Waals surface area (Å²) in [5.74, 6) is 0.527. The number of piperidine rings is 1. The van der Waals surface area contributed by atoms with E-state index in [-0.39, 0.29) is 0 Å². The molecule has 3 nitrogen and oxygen atoms in total. The molecule has 2 aliphatic heterocycles. The maximum atomic E-state index is 6.66. The monoisotopic (exact) mass is 311 g/mol. The number of fused-ring (bicyclic) bond motifs is 2. The van der Waals surface area contributed by atoms with Crippen molar-refractivity contribution in [2.45, 2.75) is 45.4 Å². The van der Waals surface area contributed by atoms with E-state index in [1.165, 1.54) is 56.0 Å². The molecule has 0 aliphatic carbocycles. The van der Waals surface area contributed by atoms with Gasteiger partial charge in [0.05, 0.1) is 17.4 Å². The van der Waals surface area contributed by atoms with Gasteiger partial charge in [0.15, 0.2) is 0 Å². The molecule has 2 unspecified atom stereocenters. The molecule has 2 aliphatic rings. The van der Waals surface area contributed by atoms with Gasteiger partial charge in [-0.25, -0.2) is 0 Å². The summed E-state index contributed by atoms with van der Waals surface area (Å²) in [7, 11) is 0. The summed E-state index contributed by atoms with van der Waals surface area (Å²) >= 11 is 8.00. The first kappa shape index (κ1) is 14.5. The molecule has 0 saturated carbocycles. The topological polar surface area (TPSA) is 29.0 Å². The van der Waals surface area contributed by atoms with Crippen molar-refractivity contribution in [3.05, 3.63) is 16.4 Å². The number of nitrogens with zero attached hydrogens (tertiary/aromatic N) is 3. The third-order valence-corrected chi connectivity index (χ3v) is 5.50. The van der Waals surface area contributed by atoms with Gasteiger partial charge in [-0.2, -0.15) is 8.75 Å². The number of hydrogen-bond acceptors (Lipinski definition) is 4. The van der Waals surface area contributed by atoms with Crippen LogP contribution in [0.25, 0.3) is 5.57 Å². The van der Waals surface area contributed by atoms with Crippen LogP contribution in [0.1, 0.15) is 50.4 Å². The van der Waals surface area contributed by atoms with E-state index in [4.69, 9.17) is 11.6 Å². The molecule has 3 rings (SSSR count). The van der Waals surface area contributed by atoms with Crippen molar-refractivity contribution in [3.8, 4) is 0 Å². The average molecular weight is 312 g/mol. The largest absolute Gasteiger partial charge is 0.298 e. The lowest BCUT2D eigenvalue weighted by atomic mass is 9.89. The van der Waals surface area contributed by atoms with Gasteiger partial charge >= 0.3 is 0 Å². The van der Waals surface area contributed by atoms with Gasteiger partial charge in [-0.05, 0) is 32.2 Å². The molecule has 2 bridgehead atoms. The summed E-state index contributed by atoms with van der Waals surface area (Å²) in [6, 6.07) is 0. The Labute approximate surface area is 130 Å². The molecule has 0 spiro atoms. The van der Waals surface area contributed by atoms with Crippen LogP contribution in [-0.4, -0.2) is 33.3 Å². The second-order valence-corrected chi connectivity index (χ2v) is 6.85. The van der Waals surface area contributed by atoms with Gasteiger partial charge < -0.3 is 0 Å². The first-order valence-corrected chi connectivity index (χ1v) is 8.83. The van der Waals surface area contributed by atoms with Crippen LogP contribution in [-0.2, 0) is 6.42 Å². The van der Waals surface area contributed by atoms with Gasteiger partial charge in [-0.3, -0.25) is 4.90 Å². The zero-order valence-electron chi connectivity index (χ0n) is 12.1. The smallest absolute Gasteiger partial charge is 0.106 e. The van der Waals surface area contributed by atoms with Crippen LogP contribution in [0.4, 0.5) is 0 Å². The Balaban J connectivity index is 1.83. The molecule has 20 heavy (non-hydrogen) atoms. The molecule has 1 saturated heterocycles. The van der Waals surface area contributed by atoms with Crippen molar-refractivity contribution < 1.29 is 0 Å². The molecular formula is C15H22ClN3S. The van der Waals surface area contributed by atoms with Crippen molar-refractivity contribution in [2.75, 3.05) is 19.6 Å². The Morgan fingerprint density at radius 1 is 1.35 bits per heavy atom. The molecule has 0 radical (unpaired) electrons. The summed E-state index contributed by atoms with van der Waals surface area (Å²) in [4.78, 5) is 2.52. The number of halogens is 1. The highest BCUT2D eigenvalue weighted by Crippen LogP contribution is 2.38. The van der Waals surface area contributed by atoms with Crippen molar-refractivity contribution in [3.63, 3.8) is 0 Å². The predicted octanol–water partition coefficient (Wildman–Crippen LogP) is 3.95. The maximum Gasteiger partial charge on any atom is 0.106 e. The van der Waals surface area contributed by atoms with Crippen LogP contribution in [0.15, 0.2) is 5.03 Å². The predicted molar refractivity (Wildman–Crippen MR) is 85.1 cm³/mol. The Bertz CT molecular complexity index is 497. The standard InChI is InChI=1S/C15H22ClN3S/c1-2-3-4-7-13-15(18-20-17-13)12-10-19-8-5-6-11(9-19)14(12)16/h11H,2-10H2,1H3. The first-order valence-electron chi connectivity index (χ1n) is 7.72. The Kier molecular flexibility index (Phi) is 4.74. The van der Waals surface area contributed by atoms with Crippen molar-refractivity contribution in [1.29, 1.82) is 0 Å². The van der Waals surface area contributed by atoms with Gasteiger partial charge in [-0.15, -0.1) is 0 Å². The summed E-state index contributed by atoms with van der Waals surface area (Å²) in [6.07, 6.45) is 7.24. The fourth-order valence-corrected chi connectivity index (χ4v) is 4.22. The quantitative estimate of drug-likeness (QED) is 0.771. The van der Waals surface area contributed by atoms with E-state index >= 15 is 0 Å². The average Bonchev–Trinajstić information content (AvgIpc) is 2.92. The summed E-state index contributed by atoms with van der Waals surface area (Å²) in [5.41, 5.74) is 3.51. The van der Waals surface area contributed by atoms with Crippen LogP contribution in [0.5, 0.6) is 0 Å². The molecule has 0 aromatic carbocycles. The zero-order chi connectivity index (χ0) is 13.9. The van der Waals surface area contributed by atoms with E-state index in [9.17, 15) is 0 Å². The van der Waals surface area contributed by atoms with Crippen LogP contribution < -0.4 is 0 Å². The Hall–Kier alpha value is -0.450. The number of unbranched alkanes of at least 4 members (excludes halogenated alkanes) is 2.